The molecule has 0 spiro atoms. The highest BCUT2D eigenvalue weighted by atomic mass is 16.5. The van der Waals surface area contributed by atoms with Crippen LogP contribution in [0.5, 0.6) is 5.75 Å². The highest BCUT2D eigenvalue weighted by Gasteiger charge is 2.22. The standard InChI is InChI=1S/C12H14N2O4/c1-3-18-12(15)10-8-5-4-7(17-2)6-9(8)14(16)11(10)13/h4-6,16H,3,13H2,1-2H3. The third kappa shape index (κ3) is 1.71. The molecule has 1 aromatic heterocycles. The molecule has 6 heteroatoms. The highest BCUT2D eigenvalue weighted by Crippen LogP contribution is 2.30. The van der Waals surface area contributed by atoms with Crippen molar-refractivity contribution in [2.75, 3.05) is 19.5 Å². The van der Waals surface area contributed by atoms with Crippen molar-refractivity contribution >= 4 is 22.7 Å². The number of carbonyl (C=O) groups is 1. The molecule has 2 rings (SSSR count). The van der Waals surface area contributed by atoms with E-state index in [1.165, 1.54) is 7.11 Å². The number of methoxy groups -OCH3 is 1. The van der Waals surface area contributed by atoms with E-state index in [9.17, 15) is 10.0 Å². The van der Waals surface area contributed by atoms with E-state index in [-0.39, 0.29) is 18.0 Å². The first kappa shape index (κ1) is 12.1. The fourth-order valence-corrected chi connectivity index (χ4v) is 1.82. The number of esters is 1. The Balaban J connectivity index is 2.67. The Morgan fingerprint density at radius 2 is 2.22 bits per heavy atom. The zero-order chi connectivity index (χ0) is 13.3. The summed E-state index contributed by atoms with van der Waals surface area (Å²) in [6, 6.07) is 4.93. The Labute approximate surface area is 103 Å². The largest absolute Gasteiger partial charge is 0.497 e. The number of nitrogens with zero attached hydrogens (tertiary/aromatic N) is 1. The van der Waals surface area contributed by atoms with Crippen molar-refractivity contribution < 1.29 is 19.5 Å². The normalized spacial score (nSPS) is 10.6. The highest BCUT2D eigenvalue weighted by molar-refractivity contribution is 6.09. The molecule has 0 bridgehead atoms. The maximum atomic E-state index is 11.8. The van der Waals surface area contributed by atoms with Crippen LogP contribution in [0, 0.1) is 0 Å². The minimum absolute atomic E-state index is 0.0447. The monoisotopic (exact) mass is 250 g/mol. The van der Waals surface area contributed by atoms with Crippen LogP contribution in [-0.2, 0) is 4.74 Å². The predicted octanol–water partition coefficient (Wildman–Crippen LogP) is 1.65. The van der Waals surface area contributed by atoms with Crippen molar-refractivity contribution in [1.82, 2.24) is 4.73 Å². The zero-order valence-corrected chi connectivity index (χ0v) is 10.1. The number of rotatable bonds is 3. The quantitative estimate of drug-likeness (QED) is 0.638. The number of aromatic nitrogens is 1. The first-order valence-electron chi connectivity index (χ1n) is 5.44. The Morgan fingerprint density at radius 1 is 1.50 bits per heavy atom. The second-order valence-electron chi connectivity index (χ2n) is 3.68. The van der Waals surface area contributed by atoms with Gasteiger partial charge in [-0.2, -0.15) is 4.73 Å². The van der Waals surface area contributed by atoms with Crippen LogP contribution in [0.3, 0.4) is 0 Å². The molecule has 2 aromatic rings. The van der Waals surface area contributed by atoms with E-state index >= 15 is 0 Å². The number of hydrogen-bond acceptors (Lipinski definition) is 5. The van der Waals surface area contributed by atoms with Gasteiger partial charge in [0.1, 0.15) is 11.3 Å². The lowest BCUT2D eigenvalue weighted by Crippen LogP contribution is -2.08. The summed E-state index contributed by atoms with van der Waals surface area (Å²) in [5.74, 6) is -0.0413. The Kier molecular flexibility index (Phi) is 3.01. The molecule has 0 atom stereocenters. The molecule has 0 unspecified atom stereocenters. The van der Waals surface area contributed by atoms with Gasteiger partial charge in [-0.1, -0.05) is 0 Å². The van der Waals surface area contributed by atoms with E-state index in [1.807, 2.05) is 0 Å². The summed E-state index contributed by atoms with van der Waals surface area (Å²) in [6.45, 7) is 1.95. The van der Waals surface area contributed by atoms with Crippen LogP contribution in [0.4, 0.5) is 5.82 Å². The van der Waals surface area contributed by atoms with Crippen LogP contribution in [0.25, 0.3) is 10.9 Å². The van der Waals surface area contributed by atoms with Crippen molar-refractivity contribution in [2.45, 2.75) is 6.92 Å². The van der Waals surface area contributed by atoms with Crippen molar-refractivity contribution in [2.24, 2.45) is 0 Å². The number of nitrogens with two attached hydrogens (primary N) is 1. The molecule has 6 nitrogen and oxygen atoms in total. The number of benzene rings is 1. The van der Waals surface area contributed by atoms with Gasteiger partial charge in [-0.3, -0.25) is 0 Å². The van der Waals surface area contributed by atoms with Crippen LogP contribution < -0.4 is 10.5 Å². The van der Waals surface area contributed by atoms with Crippen LogP contribution in [-0.4, -0.2) is 29.6 Å². The van der Waals surface area contributed by atoms with Gasteiger partial charge >= 0.3 is 5.97 Å². The number of nitrogen functional groups attached to an aromatic ring is 1. The molecule has 0 aliphatic heterocycles. The summed E-state index contributed by atoms with van der Waals surface area (Å²) in [5, 5.41) is 10.4. The van der Waals surface area contributed by atoms with Crippen molar-refractivity contribution in [1.29, 1.82) is 0 Å². The Bertz CT molecular complexity index is 604. The number of anilines is 1. The van der Waals surface area contributed by atoms with E-state index in [4.69, 9.17) is 15.2 Å². The summed E-state index contributed by atoms with van der Waals surface area (Å²) in [7, 11) is 1.52. The lowest BCUT2D eigenvalue weighted by molar-refractivity contribution is 0.0528. The maximum Gasteiger partial charge on any atom is 0.342 e. The second kappa shape index (κ2) is 4.48. The molecule has 0 amide bonds. The number of carbonyl (C=O) groups excluding carboxylic acids is 1. The van der Waals surface area contributed by atoms with Gasteiger partial charge in [0, 0.05) is 11.5 Å². The van der Waals surface area contributed by atoms with Crippen LogP contribution in [0.15, 0.2) is 18.2 Å². The molecule has 18 heavy (non-hydrogen) atoms. The summed E-state index contributed by atoms with van der Waals surface area (Å²) >= 11 is 0. The van der Waals surface area contributed by atoms with Crippen LogP contribution >= 0.6 is 0 Å². The van der Waals surface area contributed by atoms with Gasteiger partial charge in [-0.05, 0) is 19.1 Å². The third-order valence-electron chi connectivity index (χ3n) is 2.67. The molecule has 3 N–H and O–H groups in total. The molecule has 0 aliphatic carbocycles. The number of ether oxygens (including phenoxy) is 2. The van der Waals surface area contributed by atoms with Gasteiger partial charge < -0.3 is 20.4 Å². The summed E-state index contributed by atoms with van der Waals surface area (Å²) in [4.78, 5) is 11.8. The maximum absolute atomic E-state index is 11.8. The molecule has 0 saturated heterocycles. The predicted molar refractivity (Wildman–Crippen MR) is 66.0 cm³/mol. The lowest BCUT2D eigenvalue weighted by atomic mass is 10.1. The average Bonchev–Trinajstić information content (AvgIpc) is 2.62. The van der Waals surface area contributed by atoms with E-state index in [0.717, 1.165) is 4.73 Å². The van der Waals surface area contributed by atoms with Crippen LogP contribution in [0.1, 0.15) is 17.3 Å². The molecule has 0 aliphatic rings. The summed E-state index contributed by atoms with van der Waals surface area (Å²) in [5.41, 5.74) is 6.27. The minimum Gasteiger partial charge on any atom is -0.497 e. The van der Waals surface area contributed by atoms with Gasteiger partial charge in [0.05, 0.1) is 19.2 Å². The lowest BCUT2D eigenvalue weighted by Gasteiger charge is -2.01. The van der Waals surface area contributed by atoms with Gasteiger partial charge in [-0.25, -0.2) is 4.79 Å². The first-order chi connectivity index (χ1) is 8.60. The molecule has 1 heterocycles. The van der Waals surface area contributed by atoms with E-state index < -0.39 is 5.97 Å². The minimum atomic E-state index is -0.557. The topological polar surface area (TPSA) is 86.7 Å². The summed E-state index contributed by atoms with van der Waals surface area (Å²) in [6.07, 6.45) is 0. The van der Waals surface area contributed by atoms with E-state index in [2.05, 4.69) is 0 Å². The van der Waals surface area contributed by atoms with Crippen molar-refractivity contribution in [3.05, 3.63) is 23.8 Å². The number of hydrogen-bond donors (Lipinski definition) is 2. The fourth-order valence-electron chi connectivity index (χ4n) is 1.82. The Hall–Kier alpha value is -2.37. The summed E-state index contributed by atoms with van der Waals surface area (Å²) < 4.78 is 10.7. The van der Waals surface area contributed by atoms with E-state index in [0.29, 0.717) is 16.7 Å². The Morgan fingerprint density at radius 3 is 2.83 bits per heavy atom. The van der Waals surface area contributed by atoms with Crippen molar-refractivity contribution in [3.8, 4) is 5.75 Å². The third-order valence-corrected chi connectivity index (χ3v) is 2.67. The first-order valence-corrected chi connectivity index (χ1v) is 5.44. The van der Waals surface area contributed by atoms with Gasteiger partial charge in [-0.15, -0.1) is 0 Å². The van der Waals surface area contributed by atoms with Gasteiger partial charge in [0.25, 0.3) is 0 Å². The molecule has 1 aromatic carbocycles. The number of fused-ring (bicyclic) bond motifs is 1. The average molecular weight is 250 g/mol. The SMILES string of the molecule is CCOC(=O)c1c(N)n(O)c2cc(OC)ccc12. The molecule has 96 valence electrons. The second-order valence-corrected chi connectivity index (χ2v) is 3.68. The van der Waals surface area contributed by atoms with Crippen molar-refractivity contribution in [3.63, 3.8) is 0 Å². The van der Waals surface area contributed by atoms with Crippen LogP contribution in [0.2, 0.25) is 0 Å². The van der Waals surface area contributed by atoms with Gasteiger partial charge in [0.2, 0.25) is 0 Å². The molecular weight excluding hydrogens is 236 g/mol. The van der Waals surface area contributed by atoms with E-state index in [1.54, 1.807) is 25.1 Å². The molecule has 0 radical (unpaired) electrons. The molecular formula is C12H14N2O4. The van der Waals surface area contributed by atoms with Gasteiger partial charge in [0.15, 0.2) is 5.82 Å². The fraction of sp³-hybridized carbons (Fsp3) is 0.250. The zero-order valence-electron chi connectivity index (χ0n) is 10.1. The molecule has 0 fully saturated rings. The molecule has 0 saturated carbocycles. The smallest absolute Gasteiger partial charge is 0.342 e.